The number of hydrogen-bond donors (Lipinski definition) is 0. The Bertz CT molecular complexity index is 182. The van der Waals surface area contributed by atoms with Crippen LogP contribution in [0.3, 0.4) is 0 Å². The van der Waals surface area contributed by atoms with Crippen LogP contribution in [0.15, 0.2) is 0 Å². The van der Waals surface area contributed by atoms with Crippen LogP contribution in [0.4, 0.5) is 0 Å². The fourth-order valence-electron chi connectivity index (χ4n) is 1.70. The third-order valence-electron chi connectivity index (χ3n) is 2.59. The Hall–Kier alpha value is -0.120. The van der Waals surface area contributed by atoms with E-state index in [1.54, 1.807) is 0 Å². The predicted octanol–water partition coefficient (Wildman–Crippen LogP) is 2.73. The summed E-state index contributed by atoms with van der Waals surface area (Å²) in [6.07, 6.45) is 3.66. The molecule has 90 valence electrons. The fourth-order valence-corrected chi connectivity index (χ4v) is 1.70. The van der Waals surface area contributed by atoms with Gasteiger partial charge in [0.2, 0.25) is 0 Å². The van der Waals surface area contributed by atoms with E-state index in [-0.39, 0.29) is 18.0 Å². The molecule has 0 saturated carbocycles. The molecule has 1 fully saturated rings. The summed E-state index contributed by atoms with van der Waals surface area (Å²) in [6.45, 7) is 9.57. The normalized spacial score (nSPS) is 31.4. The smallest absolute Gasteiger partial charge is 0.166 e. The van der Waals surface area contributed by atoms with Crippen molar-refractivity contribution in [2.75, 3.05) is 13.2 Å². The Morgan fingerprint density at radius 3 is 2.80 bits per heavy atom. The maximum Gasteiger partial charge on any atom is 0.166 e. The molecule has 2 unspecified atom stereocenters. The van der Waals surface area contributed by atoms with E-state index in [1.165, 1.54) is 6.42 Å². The third-order valence-corrected chi connectivity index (χ3v) is 2.59. The molecule has 0 aromatic heterocycles. The van der Waals surface area contributed by atoms with Crippen molar-refractivity contribution in [3.63, 3.8) is 0 Å². The lowest BCUT2D eigenvalue weighted by molar-refractivity contribution is -0.166. The average Bonchev–Trinajstić information content (AvgIpc) is 2.55. The van der Waals surface area contributed by atoms with E-state index in [2.05, 4.69) is 6.92 Å². The third kappa shape index (κ3) is 4.49. The fraction of sp³-hybridized carbons (Fsp3) is 1.00. The highest BCUT2D eigenvalue weighted by Gasteiger charge is 2.36. The lowest BCUT2D eigenvalue weighted by atomic mass is 10.1. The summed E-state index contributed by atoms with van der Waals surface area (Å²) in [5.41, 5.74) is 0. The van der Waals surface area contributed by atoms with Crippen LogP contribution in [0.2, 0.25) is 0 Å². The molecule has 0 aromatic rings. The largest absolute Gasteiger partial charge is 0.376 e. The molecule has 0 aliphatic carbocycles. The first-order valence-corrected chi connectivity index (χ1v) is 5.99. The second-order valence-corrected chi connectivity index (χ2v) is 4.67. The molecule has 15 heavy (non-hydrogen) atoms. The van der Waals surface area contributed by atoms with Gasteiger partial charge in [0.15, 0.2) is 5.79 Å². The Morgan fingerprint density at radius 1 is 1.47 bits per heavy atom. The van der Waals surface area contributed by atoms with Crippen LogP contribution in [0, 0.1) is 0 Å². The maximum absolute atomic E-state index is 5.85. The van der Waals surface area contributed by atoms with Gasteiger partial charge in [-0.15, -0.1) is 0 Å². The highest BCUT2D eigenvalue weighted by molar-refractivity contribution is 4.74. The van der Waals surface area contributed by atoms with Gasteiger partial charge in [-0.25, -0.2) is 0 Å². The van der Waals surface area contributed by atoms with E-state index < -0.39 is 0 Å². The van der Waals surface area contributed by atoms with Gasteiger partial charge in [0.25, 0.3) is 0 Å². The van der Waals surface area contributed by atoms with Crippen molar-refractivity contribution in [1.29, 1.82) is 0 Å². The summed E-state index contributed by atoms with van der Waals surface area (Å²) in [7, 11) is 0. The number of unbranched alkanes of at least 4 members (excludes halogenated alkanes) is 1. The van der Waals surface area contributed by atoms with E-state index in [0.717, 1.165) is 12.8 Å². The van der Waals surface area contributed by atoms with E-state index >= 15 is 0 Å². The molecule has 3 heteroatoms. The molecule has 0 spiro atoms. The summed E-state index contributed by atoms with van der Waals surface area (Å²) in [4.78, 5) is 0. The van der Waals surface area contributed by atoms with Crippen LogP contribution in [0.25, 0.3) is 0 Å². The summed E-state index contributed by atoms with van der Waals surface area (Å²) >= 11 is 0. The summed E-state index contributed by atoms with van der Waals surface area (Å²) in [5.74, 6) is -0.374. The number of hydrogen-bond acceptors (Lipinski definition) is 3. The van der Waals surface area contributed by atoms with Crippen molar-refractivity contribution >= 4 is 0 Å². The minimum atomic E-state index is -0.374. The van der Waals surface area contributed by atoms with Gasteiger partial charge in [-0.3, -0.25) is 0 Å². The van der Waals surface area contributed by atoms with E-state index in [4.69, 9.17) is 14.2 Å². The standard InChI is InChI=1S/C12H24O3/c1-5-6-7-12(4)14-9-11(15-12)8-13-10(2)3/h10-11H,5-9H2,1-4H3. The average molecular weight is 216 g/mol. The molecule has 0 radical (unpaired) electrons. The Morgan fingerprint density at radius 2 is 2.20 bits per heavy atom. The molecule has 0 bridgehead atoms. The lowest BCUT2D eigenvalue weighted by Gasteiger charge is -2.23. The van der Waals surface area contributed by atoms with E-state index in [9.17, 15) is 0 Å². The minimum absolute atomic E-state index is 0.106. The van der Waals surface area contributed by atoms with Crippen molar-refractivity contribution < 1.29 is 14.2 Å². The van der Waals surface area contributed by atoms with Crippen molar-refractivity contribution in [2.45, 2.75) is 65.0 Å². The molecule has 3 nitrogen and oxygen atoms in total. The second-order valence-electron chi connectivity index (χ2n) is 4.67. The van der Waals surface area contributed by atoms with Crippen molar-refractivity contribution in [3.05, 3.63) is 0 Å². The first kappa shape index (κ1) is 12.9. The van der Waals surface area contributed by atoms with Gasteiger partial charge < -0.3 is 14.2 Å². The van der Waals surface area contributed by atoms with Gasteiger partial charge in [-0.2, -0.15) is 0 Å². The summed E-state index contributed by atoms with van der Waals surface area (Å²) in [6, 6.07) is 0. The Balaban J connectivity index is 2.24. The second kappa shape index (κ2) is 5.83. The molecular formula is C12H24O3. The molecule has 2 atom stereocenters. The minimum Gasteiger partial charge on any atom is -0.376 e. The summed E-state index contributed by atoms with van der Waals surface area (Å²) < 4.78 is 17.1. The molecule has 1 rings (SSSR count). The first-order chi connectivity index (χ1) is 7.06. The molecule has 0 N–H and O–H groups in total. The molecule has 1 aliphatic rings. The van der Waals surface area contributed by atoms with E-state index in [1.807, 2.05) is 20.8 Å². The Kier molecular flexibility index (Phi) is 5.03. The Labute approximate surface area is 93.1 Å². The van der Waals surface area contributed by atoms with E-state index in [0.29, 0.717) is 13.2 Å². The zero-order valence-electron chi connectivity index (χ0n) is 10.4. The van der Waals surface area contributed by atoms with Crippen LogP contribution >= 0.6 is 0 Å². The quantitative estimate of drug-likeness (QED) is 0.683. The predicted molar refractivity (Wildman–Crippen MR) is 59.8 cm³/mol. The van der Waals surface area contributed by atoms with Gasteiger partial charge in [0.1, 0.15) is 6.10 Å². The topological polar surface area (TPSA) is 27.7 Å². The van der Waals surface area contributed by atoms with Crippen LogP contribution in [0.1, 0.15) is 47.0 Å². The van der Waals surface area contributed by atoms with Crippen LogP contribution in [-0.4, -0.2) is 31.2 Å². The molecule has 0 amide bonds. The number of rotatable bonds is 6. The van der Waals surface area contributed by atoms with Crippen molar-refractivity contribution in [2.24, 2.45) is 0 Å². The van der Waals surface area contributed by atoms with Gasteiger partial charge in [-0.05, 0) is 27.2 Å². The van der Waals surface area contributed by atoms with Crippen molar-refractivity contribution in [3.8, 4) is 0 Å². The van der Waals surface area contributed by atoms with Gasteiger partial charge in [0.05, 0.1) is 19.3 Å². The van der Waals surface area contributed by atoms with Crippen LogP contribution in [-0.2, 0) is 14.2 Å². The van der Waals surface area contributed by atoms with Gasteiger partial charge >= 0.3 is 0 Å². The highest BCUT2D eigenvalue weighted by atomic mass is 16.7. The van der Waals surface area contributed by atoms with Crippen molar-refractivity contribution in [1.82, 2.24) is 0 Å². The van der Waals surface area contributed by atoms with Gasteiger partial charge in [-0.1, -0.05) is 13.3 Å². The maximum atomic E-state index is 5.85. The molecule has 1 heterocycles. The molecule has 1 aliphatic heterocycles. The SMILES string of the molecule is CCCCC1(C)OCC(COC(C)C)O1. The molecule has 0 aromatic carbocycles. The molecular weight excluding hydrogens is 192 g/mol. The number of ether oxygens (including phenoxy) is 3. The summed E-state index contributed by atoms with van der Waals surface area (Å²) in [5, 5.41) is 0. The van der Waals surface area contributed by atoms with Crippen LogP contribution < -0.4 is 0 Å². The monoisotopic (exact) mass is 216 g/mol. The van der Waals surface area contributed by atoms with Gasteiger partial charge in [0, 0.05) is 6.42 Å². The zero-order chi connectivity index (χ0) is 11.3. The first-order valence-electron chi connectivity index (χ1n) is 5.99. The molecule has 1 saturated heterocycles. The zero-order valence-corrected chi connectivity index (χ0v) is 10.4. The highest BCUT2D eigenvalue weighted by Crippen LogP contribution is 2.28. The van der Waals surface area contributed by atoms with Crippen LogP contribution in [0.5, 0.6) is 0 Å². The lowest BCUT2D eigenvalue weighted by Crippen LogP contribution is -2.28.